The summed E-state index contributed by atoms with van der Waals surface area (Å²) >= 11 is 0. The molecule has 0 aromatic carbocycles. The van der Waals surface area contributed by atoms with Gasteiger partial charge in [0.15, 0.2) is 0 Å². The first kappa shape index (κ1) is 8.86. The molecular weight excluding hydrogens is 158 g/mol. The Morgan fingerprint density at radius 1 is 1.00 bits per heavy atom. The first-order valence-corrected chi connectivity index (χ1v) is 5.07. The second-order valence-electron chi connectivity index (χ2n) is 5.38. The van der Waals surface area contributed by atoms with E-state index in [2.05, 4.69) is 56.8 Å². The van der Waals surface area contributed by atoms with Crippen LogP contribution in [0.25, 0.3) is 0 Å². The van der Waals surface area contributed by atoms with E-state index in [1.54, 1.807) is 0 Å². The molecule has 1 aliphatic rings. The van der Waals surface area contributed by atoms with Crippen molar-refractivity contribution in [3.8, 4) is 0 Å². The van der Waals surface area contributed by atoms with E-state index in [9.17, 15) is 0 Å². The van der Waals surface area contributed by atoms with Crippen LogP contribution < -0.4 is 0 Å². The fourth-order valence-electron chi connectivity index (χ4n) is 2.49. The number of aromatic nitrogens is 1. The molecule has 1 aromatic rings. The van der Waals surface area contributed by atoms with Gasteiger partial charge in [0, 0.05) is 18.9 Å². The summed E-state index contributed by atoms with van der Waals surface area (Å²) in [5, 5.41) is 0. The summed E-state index contributed by atoms with van der Waals surface area (Å²) in [6.45, 7) is 10.7. The van der Waals surface area contributed by atoms with Crippen LogP contribution in [0, 0.1) is 16.7 Å². The van der Waals surface area contributed by atoms with Gasteiger partial charge in [0.25, 0.3) is 0 Å². The maximum atomic E-state index is 2.38. The van der Waals surface area contributed by atoms with Crippen LogP contribution in [0.3, 0.4) is 0 Å². The van der Waals surface area contributed by atoms with Crippen molar-refractivity contribution in [2.45, 2.75) is 34.2 Å². The highest BCUT2D eigenvalue weighted by Crippen LogP contribution is 2.68. The monoisotopic (exact) mass is 177 g/mol. The Morgan fingerprint density at radius 2 is 1.46 bits per heavy atom. The lowest BCUT2D eigenvalue weighted by molar-refractivity contribution is 0.457. The quantitative estimate of drug-likeness (QED) is 0.654. The van der Waals surface area contributed by atoms with Gasteiger partial charge >= 0.3 is 0 Å². The van der Waals surface area contributed by atoms with Gasteiger partial charge in [0.1, 0.15) is 0 Å². The molecule has 13 heavy (non-hydrogen) atoms. The predicted molar refractivity (Wildman–Crippen MR) is 55.5 cm³/mol. The first-order chi connectivity index (χ1) is 5.96. The Kier molecular flexibility index (Phi) is 1.64. The van der Waals surface area contributed by atoms with E-state index < -0.39 is 0 Å². The normalized spacial score (nSPS) is 24.6. The van der Waals surface area contributed by atoms with Gasteiger partial charge in [0.2, 0.25) is 0 Å². The molecule has 2 rings (SSSR count). The highest BCUT2D eigenvalue weighted by atomic mass is 15.0. The summed E-state index contributed by atoms with van der Waals surface area (Å²) in [6, 6.07) is 4.20. The minimum Gasteiger partial charge on any atom is -0.354 e. The molecule has 0 saturated heterocycles. The van der Waals surface area contributed by atoms with Crippen LogP contribution in [0.5, 0.6) is 0 Å². The minimum absolute atomic E-state index is 0.511. The highest BCUT2D eigenvalue weighted by Gasteiger charge is 2.64. The topological polar surface area (TPSA) is 4.93 Å². The number of nitrogens with zero attached hydrogens (tertiary/aromatic N) is 1. The molecule has 1 fully saturated rings. The predicted octanol–water partition coefficient (Wildman–Crippen LogP) is 3.17. The zero-order chi connectivity index (χ0) is 9.69. The molecule has 1 heteroatoms. The van der Waals surface area contributed by atoms with Crippen LogP contribution in [0.4, 0.5) is 0 Å². The van der Waals surface area contributed by atoms with Gasteiger partial charge in [-0.1, -0.05) is 27.7 Å². The van der Waals surface area contributed by atoms with Crippen LogP contribution in [0.1, 0.15) is 27.7 Å². The molecule has 0 aliphatic heterocycles. The van der Waals surface area contributed by atoms with Gasteiger partial charge in [-0.2, -0.15) is 0 Å². The molecule has 1 aliphatic carbocycles. The fraction of sp³-hybridized carbons (Fsp3) is 0.667. The molecule has 0 amide bonds. The third-order valence-corrected chi connectivity index (χ3v) is 4.38. The van der Waals surface area contributed by atoms with Crippen molar-refractivity contribution in [2.24, 2.45) is 16.7 Å². The summed E-state index contributed by atoms with van der Waals surface area (Å²) in [6.07, 6.45) is 4.31. The number of hydrogen-bond donors (Lipinski definition) is 0. The van der Waals surface area contributed by atoms with Crippen LogP contribution in [-0.4, -0.2) is 4.57 Å². The van der Waals surface area contributed by atoms with Crippen molar-refractivity contribution in [3.05, 3.63) is 24.5 Å². The lowest BCUT2D eigenvalue weighted by atomic mass is 10.0. The van der Waals surface area contributed by atoms with Crippen molar-refractivity contribution < 1.29 is 0 Å². The van der Waals surface area contributed by atoms with E-state index in [1.165, 1.54) is 6.54 Å². The molecule has 1 nitrogen and oxygen atoms in total. The van der Waals surface area contributed by atoms with E-state index in [1.807, 2.05) is 0 Å². The number of rotatable bonds is 2. The summed E-state index contributed by atoms with van der Waals surface area (Å²) in [4.78, 5) is 0. The first-order valence-electron chi connectivity index (χ1n) is 5.07. The van der Waals surface area contributed by atoms with E-state index in [0.717, 1.165) is 5.92 Å². The molecule has 0 unspecified atom stereocenters. The van der Waals surface area contributed by atoms with Gasteiger partial charge < -0.3 is 4.57 Å². The molecule has 0 spiro atoms. The van der Waals surface area contributed by atoms with Gasteiger partial charge in [-0.3, -0.25) is 0 Å². The molecule has 1 heterocycles. The smallest absolute Gasteiger partial charge is 0.0258 e. The van der Waals surface area contributed by atoms with Crippen LogP contribution in [-0.2, 0) is 6.54 Å². The maximum absolute atomic E-state index is 2.38. The molecule has 0 N–H and O–H groups in total. The molecule has 1 aromatic heterocycles. The summed E-state index contributed by atoms with van der Waals surface area (Å²) in [5.74, 6) is 0.826. The highest BCUT2D eigenvalue weighted by molar-refractivity contribution is 5.12. The Balaban J connectivity index is 2.07. The summed E-state index contributed by atoms with van der Waals surface area (Å²) in [7, 11) is 0. The molecule has 0 bridgehead atoms. The van der Waals surface area contributed by atoms with E-state index in [0.29, 0.717) is 10.8 Å². The van der Waals surface area contributed by atoms with Gasteiger partial charge in [-0.05, 0) is 28.9 Å². The molecule has 1 saturated carbocycles. The van der Waals surface area contributed by atoms with Crippen molar-refractivity contribution in [3.63, 3.8) is 0 Å². The van der Waals surface area contributed by atoms with Crippen molar-refractivity contribution in [1.29, 1.82) is 0 Å². The van der Waals surface area contributed by atoms with Crippen LogP contribution >= 0.6 is 0 Å². The van der Waals surface area contributed by atoms with E-state index in [-0.39, 0.29) is 0 Å². The molecule has 0 radical (unpaired) electrons. The number of hydrogen-bond acceptors (Lipinski definition) is 0. The lowest BCUT2D eigenvalue weighted by Crippen LogP contribution is -2.01. The lowest BCUT2D eigenvalue weighted by Gasteiger charge is -2.04. The molecule has 72 valence electrons. The Hall–Kier alpha value is -0.720. The maximum Gasteiger partial charge on any atom is 0.0258 e. The minimum atomic E-state index is 0.511. The Morgan fingerprint density at radius 3 is 1.85 bits per heavy atom. The fourth-order valence-corrected chi connectivity index (χ4v) is 2.49. The van der Waals surface area contributed by atoms with Crippen molar-refractivity contribution in [2.75, 3.05) is 0 Å². The van der Waals surface area contributed by atoms with Crippen molar-refractivity contribution >= 4 is 0 Å². The largest absolute Gasteiger partial charge is 0.354 e. The summed E-state index contributed by atoms with van der Waals surface area (Å²) < 4.78 is 2.29. The van der Waals surface area contributed by atoms with Gasteiger partial charge in [-0.15, -0.1) is 0 Å². The third kappa shape index (κ3) is 1.13. The average molecular weight is 177 g/mol. The molecule has 0 atom stereocenters. The van der Waals surface area contributed by atoms with E-state index >= 15 is 0 Å². The standard InChI is InChI=1S/C12H19N/c1-11(2)10(12(11,3)4)9-13-7-5-6-8-13/h5-8,10H,9H2,1-4H3. The Labute approximate surface area is 80.8 Å². The molecular formula is C12H19N. The zero-order valence-corrected chi connectivity index (χ0v) is 9.04. The average Bonchev–Trinajstić information content (AvgIpc) is 2.44. The van der Waals surface area contributed by atoms with Gasteiger partial charge in [-0.25, -0.2) is 0 Å². The zero-order valence-electron chi connectivity index (χ0n) is 9.04. The second-order valence-corrected chi connectivity index (χ2v) is 5.38. The summed E-state index contributed by atoms with van der Waals surface area (Å²) in [5.41, 5.74) is 1.02. The van der Waals surface area contributed by atoms with E-state index in [4.69, 9.17) is 0 Å². The Bertz CT molecular complexity index is 279. The second kappa shape index (κ2) is 2.40. The third-order valence-electron chi connectivity index (χ3n) is 4.38. The van der Waals surface area contributed by atoms with Crippen LogP contribution in [0.15, 0.2) is 24.5 Å². The van der Waals surface area contributed by atoms with Gasteiger partial charge in [0.05, 0.1) is 0 Å². The SMILES string of the molecule is CC1(C)C(Cn2cccc2)C1(C)C. The van der Waals surface area contributed by atoms with Crippen molar-refractivity contribution in [1.82, 2.24) is 4.57 Å². The van der Waals surface area contributed by atoms with Crippen LogP contribution in [0.2, 0.25) is 0 Å².